The predicted octanol–water partition coefficient (Wildman–Crippen LogP) is 4.95. The van der Waals surface area contributed by atoms with Gasteiger partial charge in [0, 0.05) is 34.3 Å². The zero-order valence-corrected chi connectivity index (χ0v) is 15.8. The summed E-state index contributed by atoms with van der Waals surface area (Å²) in [6.07, 6.45) is 5.14. The second-order valence-corrected chi connectivity index (χ2v) is 6.79. The fourth-order valence-corrected chi connectivity index (χ4v) is 3.13. The largest absolute Gasteiger partial charge is 0.322 e. The molecule has 0 aliphatic carbocycles. The molecule has 0 aliphatic heterocycles. The SMILES string of the molecule is O=C(Nc1cccc(Br)c1)c1cn(-c2ccccc2)nc1-c1cccnc1. The topological polar surface area (TPSA) is 59.8 Å². The molecule has 1 amide bonds. The van der Waals surface area contributed by atoms with Gasteiger partial charge in [0.05, 0.1) is 11.3 Å². The second-order valence-electron chi connectivity index (χ2n) is 5.88. The van der Waals surface area contributed by atoms with Gasteiger partial charge in [0.2, 0.25) is 0 Å². The predicted molar refractivity (Wildman–Crippen MR) is 109 cm³/mol. The first-order valence-electron chi connectivity index (χ1n) is 8.33. The van der Waals surface area contributed by atoms with Crippen LogP contribution in [0.15, 0.2) is 89.8 Å². The van der Waals surface area contributed by atoms with E-state index < -0.39 is 0 Å². The number of halogens is 1. The van der Waals surface area contributed by atoms with Crippen molar-refractivity contribution in [1.82, 2.24) is 14.8 Å². The molecule has 0 unspecified atom stereocenters. The van der Waals surface area contributed by atoms with E-state index in [0.29, 0.717) is 16.9 Å². The van der Waals surface area contributed by atoms with Crippen LogP contribution in [0.1, 0.15) is 10.4 Å². The summed E-state index contributed by atoms with van der Waals surface area (Å²) < 4.78 is 2.60. The van der Waals surface area contributed by atoms with Gasteiger partial charge in [-0.15, -0.1) is 0 Å². The summed E-state index contributed by atoms with van der Waals surface area (Å²) in [5.74, 6) is -0.228. The standard InChI is InChI=1S/C21H15BrN4O/c22-16-7-4-8-17(12-16)24-21(27)19-14-26(18-9-2-1-3-10-18)25-20(19)15-6-5-11-23-13-15/h1-14H,(H,24,27). The molecular formula is C21H15BrN4O. The number of para-hydroxylation sites is 1. The van der Waals surface area contributed by atoms with Crippen molar-refractivity contribution in [3.8, 4) is 16.9 Å². The molecular weight excluding hydrogens is 404 g/mol. The summed E-state index contributed by atoms with van der Waals surface area (Å²) in [4.78, 5) is 17.1. The Morgan fingerprint density at radius 1 is 1.00 bits per heavy atom. The van der Waals surface area contributed by atoms with Gasteiger partial charge in [0.25, 0.3) is 5.91 Å². The number of pyridine rings is 1. The maximum Gasteiger partial charge on any atom is 0.259 e. The molecule has 0 atom stereocenters. The molecule has 4 rings (SSSR count). The Morgan fingerprint density at radius 3 is 2.59 bits per heavy atom. The molecule has 0 bridgehead atoms. The summed E-state index contributed by atoms with van der Waals surface area (Å²) >= 11 is 3.42. The molecule has 2 aromatic heterocycles. The summed E-state index contributed by atoms with van der Waals surface area (Å²) in [7, 11) is 0. The fourth-order valence-electron chi connectivity index (χ4n) is 2.73. The average molecular weight is 419 g/mol. The average Bonchev–Trinajstić information content (AvgIpc) is 3.15. The Hall–Kier alpha value is -3.25. The summed E-state index contributed by atoms with van der Waals surface area (Å²) in [6.45, 7) is 0. The number of carbonyl (C=O) groups is 1. The number of hydrogen-bond acceptors (Lipinski definition) is 3. The van der Waals surface area contributed by atoms with Gasteiger partial charge in [-0.25, -0.2) is 4.68 Å². The Labute approximate surface area is 164 Å². The first kappa shape index (κ1) is 17.2. The Bertz CT molecular complexity index is 1080. The van der Waals surface area contributed by atoms with E-state index in [1.807, 2.05) is 66.7 Å². The molecule has 0 radical (unpaired) electrons. The maximum absolute atomic E-state index is 13.0. The third kappa shape index (κ3) is 3.80. The number of rotatable bonds is 4. The van der Waals surface area contributed by atoms with Crippen molar-refractivity contribution in [1.29, 1.82) is 0 Å². The van der Waals surface area contributed by atoms with Crippen LogP contribution < -0.4 is 5.32 Å². The number of carbonyl (C=O) groups excluding carboxylic acids is 1. The van der Waals surface area contributed by atoms with Crippen LogP contribution in [0.3, 0.4) is 0 Å². The van der Waals surface area contributed by atoms with E-state index in [9.17, 15) is 4.79 Å². The highest BCUT2D eigenvalue weighted by Gasteiger charge is 2.19. The number of nitrogens with zero attached hydrogens (tertiary/aromatic N) is 3. The van der Waals surface area contributed by atoms with Crippen molar-refractivity contribution in [2.24, 2.45) is 0 Å². The molecule has 0 aliphatic rings. The molecule has 0 saturated heterocycles. The van der Waals surface area contributed by atoms with Gasteiger partial charge < -0.3 is 5.32 Å². The van der Waals surface area contributed by atoms with E-state index >= 15 is 0 Å². The van der Waals surface area contributed by atoms with Crippen LogP contribution in [-0.4, -0.2) is 20.7 Å². The smallest absolute Gasteiger partial charge is 0.259 e. The molecule has 2 aromatic carbocycles. The zero-order valence-electron chi connectivity index (χ0n) is 14.2. The van der Waals surface area contributed by atoms with Gasteiger partial charge in [0.15, 0.2) is 0 Å². The number of hydrogen-bond donors (Lipinski definition) is 1. The molecule has 132 valence electrons. The minimum atomic E-state index is -0.228. The minimum Gasteiger partial charge on any atom is -0.322 e. The van der Waals surface area contributed by atoms with Crippen LogP contribution in [0.2, 0.25) is 0 Å². The quantitative estimate of drug-likeness (QED) is 0.509. The van der Waals surface area contributed by atoms with Crippen LogP contribution in [0.25, 0.3) is 16.9 Å². The molecule has 1 N–H and O–H groups in total. The number of nitrogens with one attached hydrogen (secondary N) is 1. The Balaban J connectivity index is 1.76. The van der Waals surface area contributed by atoms with Gasteiger partial charge in [-0.2, -0.15) is 5.10 Å². The van der Waals surface area contributed by atoms with Crippen molar-refractivity contribution in [2.75, 3.05) is 5.32 Å². The third-order valence-corrected chi connectivity index (χ3v) is 4.49. The normalized spacial score (nSPS) is 10.6. The maximum atomic E-state index is 13.0. The van der Waals surface area contributed by atoms with Crippen LogP contribution >= 0.6 is 15.9 Å². The monoisotopic (exact) mass is 418 g/mol. The summed E-state index contributed by atoms with van der Waals surface area (Å²) in [5, 5.41) is 7.57. The lowest BCUT2D eigenvalue weighted by Crippen LogP contribution is -2.12. The van der Waals surface area contributed by atoms with E-state index in [1.54, 1.807) is 23.3 Å². The van der Waals surface area contributed by atoms with Crippen molar-refractivity contribution in [3.05, 3.63) is 95.4 Å². The van der Waals surface area contributed by atoms with Crippen LogP contribution in [0, 0.1) is 0 Å². The lowest BCUT2D eigenvalue weighted by Gasteiger charge is -2.05. The van der Waals surface area contributed by atoms with E-state index in [2.05, 4.69) is 31.3 Å². The molecule has 0 saturated carbocycles. The number of aromatic nitrogens is 3. The fraction of sp³-hybridized carbons (Fsp3) is 0. The Kier molecular flexibility index (Phi) is 4.80. The van der Waals surface area contributed by atoms with Gasteiger partial charge in [-0.3, -0.25) is 9.78 Å². The molecule has 5 nitrogen and oxygen atoms in total. The molecule has 2 heterocycles. The van der Waals surface area contributed by atoms with Gasteiger partial charge in [-0.05, 0) is 42.5 Å². The van der Waals surface area contributed by atoms with E-state index in [1.165, 1.54) is 0 Å². The van der Waals surface area contributed by atoms with Crippen molar-refractivity contribution in [2.45, 2.75) is 0 Å². The molecule has 0 spiro atoms. The highest BCUT2D eigenvalue weighted by Crippen LogP contribution is 2.24. The molecule has 0 fully saturated rings. The lowest BCUT2D eigenvalue weighted by atomic mass is 10.1. The van der Waals surface area contributed by atoms with Crippen LogP contribution in [0.4, 0.5) is 5.69 Å². The van der Waals surface area contributed by atoms with Crippen molar-refractivity contribution >= 4 is 27.5 Å². The number of benzene rings is 2. The third-order valence-electron chi connectivity index (χ3n) is 4.00. The van der Waals surface area contributed by atoms with Gasteiger partial charge in [0.1, 0.15) is 5.69 Å². The summed E-state index contributed by atoms with van der Waals surface area (Å²) in [5.41, 5.74) is 3.43. The van der Waals surface area contributed by atoms with Gasteiger partial charge in [-0.1, -0.05) is 40.2 Å². The number of amides is 1. The van der Waals surface area contributed by atoms with E-state index in [0.717, 1.165) is 15.7 Å². The van der Waals surface area contributed by atoms with Crippen molar-refractivity contribution in [3.63, 3.8) is 0 Å². The molecule has 4 aromatic rings. The minimum absolute atomic E-state index is 0.228. The summed E-state index contributed by atoms with van der Waals surface area (Å²) in [6, 6.07) is 20.9. The first-order chi connectivity index (χ1) is 13.2. The highest BCUT2D eigenvalue weighted by atomic mass is 79.9. The van der Waals surface area contributed by atoms with Gasteiger partial charge >= 0.3 is 0 Å². The van der Waals surface area contributed by atoms with Crippen LogP contribution in [-0.2, 0) is 0 Å². The number of anilines is 1. The lowest BCUT2D eigenvalue weighted by molar-refractivity contribution is 0.102. The van der Waals surface area contributed by atoms with Crippen molar-refractivity contribution < 1.29 is 4.79 Å². The van der Waals surface area contributed by atoms with Crippen LogP contribution in [0.5, 0.6) is 0 Å². The zero-order chi connectivity index (χ0) is 18.6. The van der Waals surface area contributed by atoms with E-state index in [4.69, 9.17) is 0 Å². The second kappa shape index (κ2) is 7.55. The first-order valence-corrected chi connectivity index (χ1v) is 9.12. The molecule has 27 heavy (non-hydrogen) atoms. The Morgan fingerprint density at radius 2 is 1.85 bits per heavy atom. The highest BCUT2D eigenvalue weighted by molar-refractivity contribution is 9.10. The molecule has 6 heteroatoms. The van der Waals surface area contributed by atoms with E-state index in [-0.39, 0.29) is 5.91 Å².